The molecule has 1 aromatic carbocycles. The number of halogens is 3. The van der Waals surface area contributed by atoms with E-state index in [1.165, 1.54) is 0 Å². The number of hydrogen-bond acceptors (Lipinski definition) is 4. The van der Waals surface area contributed by atoms with Crippen LogP contribution in [0, 0.1) is 17.5 Å². The number of benzene rings is 1. The first-order valence-corrected chi connectivity index (χ1v) is 6.54. The zero-order valence-electron chi connectivity index (χ0n) is 11.3. The van der Waals surface area contributed by atoms with Crippen molar-refractivity contribution in [3.05, 3.63) is 35.5 Å². The van der Waals surface area contributed by atoms with Crippen molar-refractivity contribution in [2.24, 2.45) is 0 Å². The summed E-state index contributed by atoms with van der Waals surface area (Å²) < 4.78 is 49.8. The lowest BCUT2D eigenvalue weighted by Crippen LogP contribution is -2.39. The molecule has 1 aliphatic rings. The summed E-state index contributed by atoms with van der Waals surface area (Å²) in [4.78, 5) is 4.19. The summed E-state index contributed by atoms with van der Waals surface area (Å²) in [5, 5.41) is 3.73. The molecule has 0 spiro atoms. The molecule has 21 heavy (non-hydrogen) atoms. The lowest BCUT2D eigenvalue weighted by atomic mass is 9.69. The molecular formula is C14H13F3N2O2. The largest absolute Gasteiger partial charge is 0.384 e. The molecule has 1 aromatic heterocycles. The van der Waals surface area contributed by atoms with Crippen LogP contribution in [0.15, 0.2) is 16.7 Å². The quantitative estimate of drug-likeness (QED) is 0.813. The first-order chi connectivity index (χ1) is 10.1. The Morgan fingerprint density at radius 3 is 2.43 bits per heavy atom. The highest BCUT2D eigenvalue weighted by molar-refractivity contribution is 5.54. The Hall–Kier alpha value is -1.89. The molecule has 0 N–H and O–H groups in total. The van der Waals surface area contributed by atoms with Crippen LogP contribution < -0.4 is 0 Å². The van der Waals surface area contributed by atoms with Gasteiger partial charge >= 0.3 is 0 Å². The highest BCUT2D eigenvalue weighted by atomic mass is 19.2. The van der Waals surface area contributed by atoms with Gasteiger partial charge in [-0.2, -0.15) is 4.98 Å². The van der Waals surface area contributed by atoms with Crippen LogP contribution in [0.1, 0.15) is 25.2 Å². The Morgan fingerprint density at radius 1 is 1.24 bits per heavy atom. The Labute approximate surface area is 118 Å². The van der Waals surface area contributed by atoms with E-state index < -0.39 is 17.5 Å². The van der Waals surface area contributed by atoms with Gasteiger partial charge in [-0.25, -0.2) is 13.2 Å². The average Bonchev–Trinajstić information content (AvgIpc) is 2.89. The standard InChI is InChI=1S/C14H13F3N2O2/c1-20-7-14(3-2-4-14)13-18-12(19-21-13)8-5-9(15)11(17)10(16)6-8/h5-6H,2-4,7H2,1H3. The molecule has 0 atom stereocenters. The Balaban J connectivity index is 1.95. The predicted molar refractivity (Wildman–Crippen MR) is 67.0 cm³/mol. The molecule has 1 heterocycles. The molecule has 0 saturated heterocycles. The van der Waals surface area contributed by atoms with Crippen LogP contribution in [-0.4, -0.2) is 23.9 Å². The molecule has 7 heteroatoms. The van der Waals surface area contributed by atoms with E-state index in [0.29, 0.717) is 12.5 Å². The molecule has 112 valence electrons. The molecule has 0 radical (unpaired) electrons. The number of hydrogen-bond donors (Lipinski definition) is 0. The maximum absolute atomic E-state index is 13.2. The molecule has 2 aromatic rings. The highest BCUT2D eigenvalue weighted by Gasteiger charge is 2.44. The topological polar surface area (TPSA) is 48.2 Å². The molecule has 1 fully saturated rings. The van der Waals surface area contributed by atoms with E-state index >= 15 is 0 Å². The second-order valence-corrected chi connectivity index (χ2v) is 5.24. The number of methoxy groups -OCH3 is 1. The minimum absolute atomic E-state index is 0.0326. The van der Waals surface area contributed by atoms with Gasteiger partial charge in [0.15, 0.2) is 17.5 Å². The molecule has 0 amide bonds. The number of rotatable bonds is 4. The third-order valence-electron chi connectivity index (χ3n) is 3.85. The third-order valence-corrected chi connectivity index (χ3v) is 3.85. The minimum atomic E-state index is -1.52. The number of aromatic nitrogens is 2. The molecular weight excluding hydrogens is 285 g/mol. The number of ether oxygens (including phenoxy) is 1. The van der Waals surface area contributed by atoms with E-state index in [9.17, 15) is 13.2 Å². The Kier molecular flexibility index (Phi) is 3.44. The molecule has 1 aliphatic carbocycles. The van der Waals surface area contributed by atoms with Crippen molar-refractivity contribution in [3.63, 3.8) is 0 Å². The van der Waals surface area contributed by atoms with E-state index in [4.69, 9.17) is 9.26 Å². The molecule has 0 unspecified atom stereocenters. The average molecular weight is 298 g/mol. The smallest absolute Gasteiger partial charge is 0.235 e. The summed E-state index contributed by atoms with van der Waals surface area (Å²) in [5.41, 5.74) is -0.287. The van der Waals surface area contributed by atoms with Crippen molar-refractivity contribution >= 4 is 0 Å². The predicted octanol–water partition coefficient (Wildman–Crippen LogP) is 3.22. The first kappa shape index (κ1) is 14.1. The van der Waals surface area contributed by atoms with Crippen molar-refractivity contribution in [2.45, 2.75) is 24.7 Å². The fourth-order valence-corrected chi connectivity index (χ4v) is 2.54. The van der Waals surface area contributed by atoms with Gasteiger partial charge in [-0.05, 0) is 25.0 Å². The second kappa shape index (κ2) is 5.14. The van der Waals surface area contributed by atoms with E-state index in [0.717, 1.165) is 31.4 Å². The first-order valence-electron chi connectivity index (χ1n) is 6.54. The highest BCUT2D eigenvalue weighted by Crippen LogP contribution is 2.43. The summed E-state index contributed by atoms with van der Waals surface area (Å²) in [6.45, 7) is 0.445. The van der Waals surface area contributed by atoms with Crippen molar-refractivity contribution in [2.75, 3.05) is 13.7 Å². The van der Waals surface area contributed by atoms with E-state index in [-0.39, 0.29) is 16.8 Å². The van der Waals surface area contributed by atoms with Gasteiger partial charge in [-0.1, -0.05) is 11.6 Å². The SMILES string of the molecule is COCC1(c2nc(-c3cc(F)c(F)c(F)c3)no2)CCC1. The molecule has 1 saturated carbocycles. The fourth-order valence-electron chi connectivity index (χ4n) is 2.54. The third kappa shape index (κ3) is 2.31. The van der Waals surface area contributed by atoms with Gasteiger partial charge in [0.05, 0.1) is 12.0 Å². The van der Waals surface area contributed by atoms with Crippen LogP contribution in [0.3, 0.4) is 0 Å². The van der Waals surface area contributed by atoms with Gasteiger partial charge in [0.2, 0.25) is 11.7 Å². The fraction of sp³-hybridized carbons (Fsp3) is 0.429. The van der Waals surface area contributed by atoms with E-state index in [2.05, 4.69) is 10.1 Å². The molecule has 0 aliphatic heterocycles. The maximum Gasteiger partial charge on any atom is 0.235 e. The zero-order chi connectivity index (χ0) is 15.0. The maximum atomic E-state index is 13.2. The normalized spacial score (nSPS) is 16.8. The minimum Gasteiger partial charge on any atom is -0.384 e. The summed E-state index contributed by atoms with van der Waals surface area (Å²) >= 11 is 0. The van der Waals surface area contributed by atoms with Crippen LogP contribution >= 0.6 is 0 Å². The lowest BCUT2D eigenvalue weighted by Gasteiger charge is -2.37. The summed E-state index contributed by atoms with van der Waals surface area (Å²) in [5.74, 6) is -3.67. The van der Waals surface area contributed by atoms with Crippen LogP contribution in [0.25, 0.3) is 11.4 Å². The van der Waals surface area contributed by atoms with Crippen LogP contribution in [-0.2, 0) is 10.2 Å². The van der Waals surface area contributed by atoms with Crippen molar-refractivity contribution < 1.29 is 22.4 Å². The second-order valence-electron chi connectivity index (χ2n) is 5.24. The van der Waals surface area contributed by atoms with Crippen LogP contribution in [0.5, 0.6) is 0 Å². The van der Waals surface area contributed by atoms with Gasteiger partial charge in [0.1, 0.15) is 0 Å². The van der Waals surface area contributed by atoms with Gasteiger partial charge in [0, 0.05) is 12.7 Å². The lowest BCUT2D eigenvalue weighted by molar-refractivity contribution is 0.0552. The monoisotopic (exact) mass is 298 g/mol. The van der Waals surface area contributed by atoms with Gasteiger partial charge in [-0.15, -0.1) is 0 Å². The summed E-state index contributed by atoms with van der Waals surface area (Å²) in [7, 11) is 1.59. The zero-order valence-corrected chi connectivity index (χ0v) is 11.3. The Bertz CT molecular complexity index is 645. The van der Waals surface area contributed by atoms with Crippen molar-refractivity contribution in [3.8, 4) is 11.4 Å². The van der Waals surface area contributed by atoms with E-state index in [1.54, 1.807) is 7.11 Å². The van der Waals surface area contributed by atoms with Crippen LogP contribution in [0.2, 0.25) is 0 Å². The van der Waals surface area contributed by atoms with Crippen molar-refractivity contribution in [1.82, 2.24) is 10.1 Å². The summed E-state index contributed by atoms with van der Waals surface area (Å²) in [6.07, 6.45) is 2.74. The molecule has 3 rings (SSSR count). The summed E-state index contributed by atoms with van der Waals surface area (Å²) in [6, 6.07) is 1.69. The Morgan fingerprint density at radius 2 is 1.90 bits per heavy atom. The van der Waals surface area contributed by atoms with Gasteiger partial charge in [0.25, 0.3) is 0 Å². The van der Waals surface area contributed by atoms with Gasteiger partial charge in [-0.3, -0.25) is 0 Å². The molecule has 0 bridgehead atoms. The van der Waals surface area contributed by atoms with E-state index in [1.807, 2.05) is 0 Å². The number of nitrogens with zero attached hydrogens (tertiary/aromatic N) is 2. The molecule has 4 nitrogen and oxygen atoms in total. The van der Waals surface area contributed by atoms with Crippen molar-refractivity contribution in [1.29, 1.82) is 0 Å². The van der Waals surface area contributed by atoms with Gasteiger partial charge < -0.3 is 9.26 Å². The van der Waals surface area contributed by atoms with Crippen LogP contribution in [0.4, 0.5) is 13.2 Å².